The number of ether oxygens (including phenoxy) is 1. The highest BCUT2D eigenvalue weighted by Crippen LogP contribution is 2.25. The maximum absolute atomic E-state index is 13.5. The number of rotatable bonds is 5. The van der Waals surface area contributed by atoms with Crippen molar-refractivity contribution in [2.45, 2.75) is 13.0 Å². The summed E-state index contributed by atoms with van der Waals surface area (Å²) in [5.74, 6) is -1.41. The second kappa shape index (κ2) is 7.33. The second-order valence-corrected chi connectivity index (χ2v) is 5.23. The van der Waals surface area contributed by atoms with Crippen molar-refractivity contribution in [3.05, 3.63) is 23.8 Å². The highest BCUT2D eigenvalue weighted by molar-refractivity contribution is 7.98. The number of anilines is 1. The van der Waals surface area contributed by atoms with Crippen LogP contribution in [0.3, 0.4) is 0 Å². The van der Waals surface area contributed by atoms with Gasteiger partial charge in [0, 0.05) is 36.7 Å². The zero-order valence-corrected chi connectivity index (χ0v) is 12.7. The Morgan fingerprint density at radius 3 is 2.45 bits per heavy atom. The standard InChI is InChI=1S/C13H18F2N2O2S/c1-8(7-20-4)17(2)13(18)16-9-5-10(14)12(19-3)11(15)6-9/h5-6,8H,7H2,1-4H3,(H,16,18)/t8-/m0/s1. The van der Waals surface area contributed by atoms with Gasteiger partial charge in [-0.15, -0.1) is 0 Å². The number of methoxy groups -OCH3 is 1. The van der Waals surface area contributed by atoms with Crippen molar-refractivity contribution in [2.75, 3.05) is 31.5 Å². The molecule has 4 nitrogen and oxygen atoms in total. The summed E-state index contributed by atoms with van der Waals surface area (Å²) in [7, 11) is 2.81. The summed E-state index contributed by atoms with van der Waals surface area (Å²) >= 11 is 1.61. The van der Waals surface area contributed by atoms with Crippen molar-refractivity contribution in [1.82, 2.24) is 4.90 Å². The van der Waals surface area contributed by atoms with Crippen LogP contribution in [0.15, 0.2) is 12.1 Å². The van der Waals surface area contributed by atoms with E-state index in [1.54, 1.807) is 18.8 Å². The zero-order chi connectivity index (χ0) is 15.3. The molecule has 1 atom stereocenters. The van der Waals surface area contributed by atoms with Crippen LogP contribution >= 0.6 is 11.8 Å². The van der Waals surface area contributed by atoms with E-state index in [-0.39, 0.29) is 11.7 Å². The van der Waals surface area contributed by atoms with Gasteiger partial charge in [-0.25, -0.2) is 13.6 Å². The first-order valence-corrected chi connectivity index (χ1v) is 7.35. The van der Waals surface area contributed by atoms with Crippen LogP contribution in [0.4, 0.5) is 19.3 Å². The van der Waals surface area contributed by atoms with E-state index in [2.05, 4.69) is 10.1 Å². The number of carbonyl (C=O) groups is 1. The van der Waals surface area contributed by atoms with Gasteiger partial charge in [-0.1, -0.05) is 0 Å². The molecule has 1 N–H and O–H groups in total. The van der Waals surface area contributed by atoms with Gasteiger partial charge in [0.2, 0.25) is 0 Å². The monoisotopic (exact) mass is 304 g/mol. The molecule has 112 valence electrons. The minimum atomic E-state index is -0.859. The number of hydrogen-bond acceptors (Lipinski definition) is 3. The number of nitrogens with one attached hydrogen (secondary N) is 1. The predicted octanol–water partition coefficient (Wildman–Crippen LogP) is 3.19. The molecule has 0 spiro atoms. The highest BCUT2D eigenvalue weighted by Gasteiger charge is 2.17. The van der Waals surface area contributed by atoms with Gasteiger partial charge < -0.3 is 15.0 Å². The van der Waals surface area contributed by atoms with Crippen molar-refractivity contribution < 1.29 is 18.3 Å². The molecule has 1 aromatic rings. The summed E-state index contributed by atoms with van der Waals surface area (Å²) < 4.78 is 31.6. The number of nitrogens with zero attached hydrogens (tertiary/aromatic N) is 1. The summed E-state index contributed by atoms with van der Waals surface area (Å²) in [5, 5.41) is 2.46. The normalized spacial score (nSPS) is 11.9. The molecule has 0 aliphatic heterocycles. The predicted molar refractivity (Wildman–Crippen MR) is 77.5 cm³/mol. The Balaban J connectivity index is 2.81. The molecule has 0 fully saturated rings. The minimum absolute atomic E-state index is 0.0120. The van der Waals surface area contributed by atoms with Crippen molar-refractivity contribution in [2.24, 2.45) is 0 Å². The molecule has 7 heteroatoms. The van der Waals surface area contributed by atoms with Crippen LogP contribution in [-0.4, -0.2) is 43.1 Å². The first kappa shape index (κ1) is 16.6. The van der Waals surface area contributed by atoms with Crippen molar-refractivity contribution in [3.8, 4) is 5.75 Å². The summed E-state index contributed by atoms with van der Waals surface area (Å²) in [6.07, 6.45) is 1.94. The summed E-state index contributed by atoms with van der Waals surface area (Å²) in [6, 6.07) is 1.63. The molecule has 0 aliphatic carbocycles. The fraction of sp³-hybridized carbons (Fsp3) is 0.462. The Labute approximate surface area is 121 Å². The summed E-state index contributed by atoms with van der Waals surface area (Å²) in [5.41, 5.74) is 0.0500. The molecule has 0 radical (unpaired) electrons. The number of hydrogen-bond donors (Lipinski definition) is 1. The number of thioether (sulfide) groups is 1. The maximum atomic E-state index is 13.5. The van der Waals surface area contributed by atoms with Gasteiger partial charge in [0.05, 0.1) is 7.11 Å². The Morgan fingerprint density at radius 2 is 2.00 bits per heavy atom. The molecular formula is C13H18F2N2O2S. The quantitative estimate of drug-likeness (QED) is 0.908. The van der Waals surface area contributed by atoms with Gasteiger partial charge in [0.15, 0.2) is 17.4 Å². The number of amides is 2. The van der Waals surface area contributed by atoms with E-state index >= 15 is 0 Å². The Bertz CT molecular complexity index is 462. The minimum Gasteiger partial charge on any atom is -0.491 e. The summed E-state index contributed by atoms with van der Waals surface area (Å²) in [6.45, 7) is 1.89. The lowest BCUT2D eigenvalue weighted by Gasteiger charge is -2.24. The largest absolute Gasteiger partial charge is 0.491 e. The van der Waals surface area contributed by atoms with Crippen LogP contribution in [0, 0.1) is 11.6 Å². The number of urea groups is 1. The number of halogens is 2. The molecule has 0 saturated carbocycles. The van der Waals surface area contributed by atoms with Crippen LogP contribution in [-0.2, 0) is 0 Å². The van der Waals surface area contributed by atoms with E-state index in [9.17, 15) is 13.6 Å². The average molecular weight is 304 g/mol. The van der Waals surface area contributed by atoms with Crippen molar-refractivity contribution in [3.63, 3.8) is 0 Å². The third-order valence-electron chi connectivity index (χ3n) is 2.84. The third kappa shape index (κ3) is 4.00. The molecule has 2 amide bonds. The lowest BCUT2D eigenvalue weighted by molar-refractivity contribution is 0.212. The van der Waals surface area contributed by atoms with E-state index < -0.39 is 23.4 Å². The molecule has 1 aromatic carbocycles. The van der Waals surface area contributed by atoms with Crippen LogP contribution < -0.4 is 10.1 Å². The van der Waals surface area contributed by atoms with Crippen LogP contribution in [0.5, 0.6) is 5.75 Å². The van der Waals surface area contributed by atoms with E-state index in [0.717, 1.165) is 17.9 Å². The van der Waals surface area contributed by atoms with E-state index in [0.29, 0.717) is 0 Å². The Morgan fingerprint density at radius 1 is 1.45 bits per heavy atom. The maximum Gasteiger partial charge on any atom is 0.321 e. The van der Waals surface area contributed by atoms with Crippen LogP contribution in [0.25, 0.3) is 0 Å². The van der Waals surface area contributed by atoms with E-state index in [1.165, 1.54) is 12.0 Å². The molecule has 0 heterocycles. The van der Waals surface area contributed by atoms with Gasteiger partial charge in [0.25, 0.3) is 0 Å². The fourth-order valence-electron chi connectivity index (χ4n) is 1.59. The molecule has 0 bridgehead atoms. The van der Waals surface area contributed by atoms with Crippen LogP contribution in [0.2, 0.25) is 0 Å². The summed E-state index contributed by atoms with van der Waals surface area (Å²) in [4.78, 5) is 13.4. The number of benzene rings is 1. The lowest BCUT2D eigenvalue weighted by atomic mass is 10.2. The smallest absolute Gasteiger partial charge is 0.321 e. The molecule has 1 rings (SSSR count). The van der Waals surface area contributed by atoms with Gasteiger partial charge >= 0.3 is 6.03 Å². The SMILES string of the molecule is COc1c(F)cc(NC(=O)N(C)[C@@H](C)CSC)cc1F. The molecule has 20 heavy (non-hydrogen) atoms. The van der Waals surface area contributed by atoms with Gasteiger partial charge in [-0.05, 0) is 13.2 Å². The second-order valence-electron chi connectivity index (χ2n) is 4.32. The lowest BCUT2D eigenvalue weighted by Crippen LogP contribution is -2.39. The fourth-order valence-corrected chi connectivity index (χ4v) is 2.30. The molecule has 0 aromatic heterocycles. The van der Waals surface area contributed by atoms with Crippen LogP contribution in [0.1, 0.15) is 6.92 Å². The van der Waals surface area contributed by atoms with Crippen molar-refractivity contribution in [1.29, 1.82) is 0 Å². The average Bonchev–Trinajstić information content (AvgIpc) is 2.37. The van der Waals surface area contributed by atoms with Gasteiger partial charge in [-0.3, -0.25) is 0 Å². The Hall–Kier alpha value is -1.50. The number of carbonyl (C=O) groups excluding carboxylic acids is 1. The Kier molecular flexibility index (Phi) is 6.06. The van der Waals surface area contributed by atoms with Crippen molar-refractivity contribution >= 4 is 23.5 Å². The first-order valence-electron chi connectivity index (χ1n) is 5.96. The van der Waals surface area contributed by atoms with Gasteiger partial charge in [-0.2, -0.15) is 11.8 Å². The topological polar surface area (TPSA) is 41.6 Å². The zero-order valence-electron chi connectivity index (χ0n) is 11.9. The molecule has 0 saturated heterocycles. The van der Waals surface area contributed by atoms with E-state index in [4.69, 9.17) is 0 Å². The van der Waals surface area contributed by atoms with E-state index in [1.807, 2.05) is 13.2 Å². The molecule has 0 unspecified atom stereocenters. The van der Waals surface area contributed by atoms with Gasteiger partial charge in [0.1, 0.15) is 0 Å². The highest BCUT2D eigenvalue weighted by atomic mass is 32.2. The first-order chi connectivity index (χ1) is 9.40. The third-order valence-corrected chi connectivity index (χ3v) is 3.66. The molecular weight excluding hydrogens is 286 g/mol. The molecule has 0 aliphatic rings.